The Morgan fingerprint density at radius 2 is 1.38 bits per heavy atom. The molecule has 8 nitrogen and oxygen atoms in total. The summed E-state index contributed by atoms with van der Waals surface area (Å²) < 4.78 is 0. The van der Waals surface area contributed by atoms with E-state index in [1.807, 2.05) is 60.7 Å². The number of fused-ring (bicyclic) bond motifs is 2. The number of nitrogens with zero attached hydrogens (tertiary/aromatic N) is 4. The Morgan fingerprint density at radius 3 is 1.91 bits per heavy atom. The molecule has 2 bridgehead atoms. The quantitative estimate of drug-likeness (QED) is 0.734. The lowest BCUT2D eigenvalue weighted by molar-refractivity contribution is -0.149. The number of piperidine rings is 1. The number of rotatable bonds is 5. The summed E-state index contributed by atoms with van der Waals surface area (Å²) >= 11 is 0. The number of benzene rings is 2. The van der Waals surface area contributed by atoms with Gasteiger partial charge in [0.1, 0.15) is 0 Å². The van der Waals surface area contributed by atoms with Crippen molar-refractivity contribution >= 4 is 18.0 Å². The van der Waals surface area contributed by atoms with E-state index >= 15 is 0 Å². The van der Waals surface area contributed by atoms with Gasteiger partial charge in [0.2, 0.25) is 0 Å². The molecule has 180 valence electrons. The Hall–Kier alpha value is -3.55. The predicted octanol–water partition coefficient (Wildman–Crippen LogP) is 3.48. The van der Waals surface area contributed by atoms with Crippen molar-refractivity contribution in [2.75, 3.05) is 20.6 Å². The van der Waals surface area contributed by atoms with Crippen LogP contribution in [0.1, 0.15) is 30.4 Å². The summed E-state index contributed by atoms with van der Waals surface area (Å²) in [6, 6.07) is 17.0. The predicted molar refractivity (Wildman–Crippen MR) is 128 cm³/mol. The van der Waals surface area contributed by atoms with Gasteiger partial charge in [-0.05, 0) is 30.4 Å². The maximum absolute atomic E-state index is 13.5. The summed E-state index contributed by atoms with van der Waals surface area (Å²) in [6.45, 7) is 1.05. The minimum atomic E-state index is -1.07. The minimum absolute atomic E-state index is 0.186. The summed E-state index contributed by atoms with van der Waals surface area (Å²) in [5.74, 6) is -1.07. The van der Waals surface area contributed by atoms with Crippen molar-refractivity contribution in [3.8, 4) is 0 Å². The van der Waals surface area contributed by atoms with Gasteiger partial charge in [0, 0.05) is 33.7 Å². The van der Waals surface area contributed by atoms with Gasteiger partial charge >= 0.3 is 18.0 Å². The fraction of sp³-hybridized carbons (Fsp3) is 0.423. The van der Waals surface area contributed by atoms with Gasteiger partial charge in [0.05, 0.1) is 12.1 Å². The number of carbonyl (C=O) groups excluding carboxylic acids is 2. The Morgan fingerprint density at radius 1 is 0.853 bits per heavy atom. The monoisotopic (exact) mass is 464 g/mol. The molecule has 4 rings (SSSR count). The van der Waals surface area contributed by atoms with E-state index in [2.05, 4.69) is 0 Å². The summed E-state index contributed by atoms with van der Waals surface area (Å²) in [6.07, 6.45) is 2.15. The average molecular weight is 465 g/mol. The van der Waals surface area contributed by atoms with Crippen molar-refractivity contribution in [3.05, 3.63) is 71.8 Å². The average Bonchev–Trinajstić information content (AvgIpc) is 2.83. The van der Waals surface area contributed by atoms with Crippen LogP contribution in [-0.4, -0.2) is 81.5 Å². The molecule has 0 saturated carbocycles. The highest BCUT2D eigenvalue weighted by atomic mass is 16.4. The maximum Gasteiger partial charge on any atom is 0.328 e. The van der Waals surface area contributed by atoms with Gasteiger partial charge in [-0.3, -0.25) is 0 Å². The fourth-order valence-corrected chi connectivity index (χ4v) is 5.21. The van der Waals surface area contributed by atoms with Crippen molar-refractivity contribution < 1.29 is 19.5 Å². The van der Waals surface area contributed by atoms with Crippen LogP contribution in [0.4, 0.5) is 9.59 Å². The van der Waals surface area contributed by atoms with E-state index in [4.69, 9.17) is 0 Å². The molecule has 0 aromatic heterocycles. The summed E-state index contributed by atoms with van der Waals surface area (Å²) in [5.41, 5.74) is 1.98. The highest BCUT2D eigenvalue weighted by Crippen LogP contribution is 2.34. The van der Waals surface area contributed by atoms with Crippen molar-refractivity contribution in [2.45, 2.75) is 50.5 Å². The van der Waals surface area contributed by atoms with Crippen LogP contribution in [0.25, 0.3) is 0 Å². The summed E-state index contributed by atoms with van der Waals surface area (Å²) in [5, 5.41) is 10.2. The molecule has 2 saturated heterocycles. The molecule has 34 heavy (non-hydrogen) atoms. The zero-order valence-corrected chi connectivity index (χ0v) is 19.7. The Balaban J connectivity index is 1.53. The molecule has 0 radical (unpaired) electrons. The number of amides is 4. The molecule has 0 spiro atoms. The van der Waals surface area contributed by atoms with Gasteiger partial charge in [-0.15, -0.1) is 0 Å². The van der Waals surface area contributed by atoms with Gasteiger partial charge in [-0.2, -0.15) is 0 Å². The lowest BCUT2D eigenvalue weighted by Crippen LogP contribution is -2.71. The first-order valence-electron chi connectivity index (χ1n) is 11.7. The van der Waals surface area contributed by atoms with Crippen LogP contribution in [-0.2, 0) is 17.9 Å². The first kappa shape index (κ1) is 23.6. The highest BCUT2D eigenvalue weighted by molar-refractivity contribution is 5.85. The second-order valence-electron chi connectivity index (χ2n) is 9.24. The van der Waals surface area contributed by atoms with Crippen molar-refractivity contribution in [3.63, 3.8) is 0 Å². The van der Waals surface area contributed by atoms with Crippen LogP contribution in [0, 0.1) is 0 Å². The van der Waals surface area contributed by atoms with E-state index in [0.717, 1.165) is 24.0 Å². The molecule has 2 aliphatic heterocycles. The topological polar surface area (TPSA) is 84.4 Å². The third kappa shape index (κ3) is 4.85. The molecular formula is C26H32N4O4. The van der Waals surface area contributed by atoms with Crippen molar-refractivity contribution in [1.82, 2.24) is 19.6 Å². The third-order valence-corrected chi connectivity index (χ3v) is 6.79. The highest BCUT2D eigenvalue weighted by Gasteiger charge is 2.51. The van der Waals surface area contributed by atoms with Gasteiger partial charge in [-0.1, -0.05) is 60.7 Å². The molecule has 2 aromatic rings. The minimum Gasteiger partial charge on any atom is -0.480 e. The van der Waals surface area contributed by atoms with Crippen LogP contribution < -0.4 is 0 Å². The van der Waals surface area contributed by atoms with E-state index < -0.39 is 18.1 Å². The van der Waals surface area contributed by atoms with Crippen LogP contribution in [0.2, 0.25) is 0 Å². The summed E-state index contributed by atoms with van der Waals surface area (Å²) in [4.78, 5) is 45.7. The normalized spacial score (nSPS) is 21.6. The molecule has 0 unspecified atom stereocenters. The first-order valence-corrected chi connectivity index (χ1v) is 11.7. The second-order valence-corrected chi connectivity index (χ2v) is 9.24. The Kier molecular flexibility index (Phi) is 7.05. The fourth-order valence-electron chi connectivity index (χ4n) is 5.21. The molecule has 2 aromatic carbocycles. The van der Waals surface area contributed by atoms with E-state index in [0.29, 0.717) is 19.5 Å². The maximum atomic E-state index is 13.5. The number of carboxylic acids is 1. The molecule has 1 N–H and O–H groups in total. The molecular weight excluding hydrogens is 432 g/mol. The van der Waals surface area contributed by atoms with Crippen molar-refractivity contribution in [2.24, 2.45) is 0 Å². The number of carboxylic acid groups (broad SMARTS) is 1. The van der Waals surface area contributed by atoms with Gasteiger partial charge in [0.25, 0.3) is 0 Å². The van der Waals surface area contributed by atoms with Gasteiger partial charge in [0.15, 0.2) is 6.04 Å². The van der Waals surface area contributed by atoms with Gasteiger partial charge in [-0.25, -0.2) is 14.4 Å². The number of hydrogen-bond donors (Lipinski definition) is 1. The molecule has 8 heteroatoms. The van der Waals surface area contributed by atoms with E-state index in [1.165, 1.54) is 4.90 Å². The second kappa shape index (κ2) is 10.2. The van der Waals surface area contributed by atoms with Gasteiger partial charge < -0.3 is 24.7 Å². The molecule has 2 aliphatic rings. The molecule has 4 amide bonds. The van der Waals surface area contributed by atoms with Crippen molar-refractivity contribution in [1.29, 1.82) is 0 Å². The molecule has 2 fully saturated rings. The zero-order valence-electron chi connectivity index (χ0n) is 19.7. The lowest BCUT2D eigenvalue weighted by Gasteiger charge is -2.53. The number of hydrogen-bond acceptors (Lipinski definition) is 3. The van der Waals surface area contributed by atoms with E-state index in [9.17, 15) is 19.5 Å². The van der Waals surface area contributed by atoms with E-state index in [-0.39, 0.29) is 24.6 Å². The standard InChI is InChI=1S/C26H32N4O4/c1-27(16-19-10-5-3-6-11-19)25(33)29-18-21-14-9-15-22(23(29)24(31)32)30(21)26(34)28(2)17-20-12-7-4-8-13-20/h3-8,10-13,21-23H,9,14-18H2,1-2H3,(H,31,32)/t21-,22+,23-/m0/s1. The Labute approximate surface area is 200 Å². The molecule has 2 heterocycles. The zero-order chi connectivity index (χ0) is 24.2. The van der Waals surface area contributed by atoms with Crippen LogP contribution in [0.3, 0.4) is 0 Å². The van der Waals surface area contributed by atoms with Crippen LogP contribution in [0.5, 0.6) is 0 Å². The number of urea groups is 2. The largest absolute Gasteiger partial charge is 0.480 e. The molecule has 0 aliphatic carbocycles. The number of carbonyl (C=O) groups is 3. The Bertz CT molecular complexity index is 1020. The number of piperazine rings is 1. The number of aliphatic carboxylic acids is 1. The third-order valence-electron chi connectivity index (χ3n) is 6.79. The number of likely N-dealkylation sites (tertiary alicyclic amines) is 1. The SMILES string of the molecule is CN(Cc1ccccc1)C(=O)N1C[C@@H]2CCC[C@H]([C@H]1C(=O)O)N2C(=O)N(C)Cc1ccccc1. The molecule has 3 atom stereocenters. The first-order chi connectivity index (χ1) is 16.4. The smallest absolute Gasteiger partial charge is 0.328 e. The van der Waals surface area contributed by atoms with E-state index in [1.54, 1.807) is 28.8 Å². The lowest BCUT2D eigenvalue weighted by atomic mass is 9.86. The summed E-state index contributed by atoms with van der Waals surface area (Å²) in [7, 11) is 3.43. The van der Waals surface area contributed by atoms with Crippen LogP contribution in [0.15, 0.2) is 60.7 Å². The van der Waals surface area contributed by atoms with Crippen LogP contribution >= 0.6 is 0 Å².